The summed E-state index contributed by atoms with van der Waals surface area (Å²) >= 11 is 0. The minimum absolute atomic E-state index is 0.0439. The molecule has 170 valence electrons. The van der Waals surface area contributed by atoms with E-state index in [1.165, 1.54) is 6.21 Å². The fourth-order valence-corrected chi connectivity index (χ4v) is 3.20. The maximum absolute atomic E-state index is 13.7. The number of rotatable bonds is 7. The Morgan fingerprint density at radius 2 is 1.18 bits per heavy atom. The Balaban J connectivity index is 1.36. The highest BCUT2D eigenvalue weighted by Crippen LogP contribution is 2.20. The number of hydrogen-bond donors (Lipinski definition) is 1. The lowest BCUT2D eigenvalue weighted by atomic mass is 10.0. The van der Waals surface area contributed by atoms with E-state index in [1.54, 1.807) is 6.21 Å². The Kier molecular flexibility index (Phi) is 7.13. The first kappa shape index (κ1) is 22.9. The number of benzene rings is 4. The predicted molar refractivity (Wildman–Crippen MR) is 127 cm³/mol. The van der Waals surface area contributed by atoms with Crippen LogP contribution in [0.3, 0.4) is 0 Å². The summed E-state index contributed by atoms with van der Waals surface area (Å²) in [5.74, 6) is -2.13. The molecule has 0 spiro atoms. The normalized spacial score (nSPS) is 11.4. The number of hydrogen-bond acceptors (Lipinski definition) is 3. The molecule has 7 heteroatoms. The average molecular weight is 461 g/mol. The van der Waals surface area contributed by atoms with Crippen molar-refractivity contribution >= 4 is 18.1 Å². The van der Waals surface area contributed by atoms with Crippen LogP contribution in [0.4, 0.5) is 23.2 Å². The Bertz CT molecular complexity index is 1230. The lowest BCUT2D eigenvalue weighted by Gasteiger charge is -2.04. The van der Waals surface area contributed by atoms with E-state index in [9.17, 15) is 17.6 Å². The molecule has 0 aromatic heterocycles. The maximum atomic E-state index is 13.7. The Labute approximate surface area is 194 Å². The number of nitrogens with zero attached hydrogens (tertiary/aromatic N) is 2. The number of nitrogens with one attached hydrogen (secondary N) is 1. The lowest BCUT2D eigenvalue weighted by molar-refractivity contribution is 0.586. The van der Waals surface area contributed by atoms with Gasteiger partial charge in [0.15, 0.2) is 0 Å². The standard InChI is InChI=1S/C27H19F4N3/c28-23-9-11-25(30)22(13-23)17-32-15-18-1-5-20(6-2-18)21-7-3-19(4-8-21)16-33-34-27-14-24(29)10-12-26(27)31/h1-16,34H,17H2/b32-15?,33-16+. The van der Waals surface area contributed by atoms with Gasteiger partial charge in [0, 0.05) is 17.8 Å². The molecule has 0 heterocycles. The molecule has 0 aliphatic rings. The van der Waals surface area contributed by atoms with Crippen LogP contribution in [0.25, 0.3) is 11.1 Å². The van der Waals surface area contributed by atoms with E-state index in [-0.39, 0.29) is 17.8 Å². The van der Waals surface area contributed by atoms with Gasteiger partial charge in [-0.15, -0.1) is 0 Å². The van der Waals surface area contributed by atoms with Crippen LogP contribution in [-0.4, -0.2) is 12.4 Å². The highest BCUT2D eigenvalue weighted by molar-refractivity contribution is 5.83. The van der Waals surface area contributed by atoms with Gasteiger partial charge in [-0.05, 0) is 52.6 Å². The van der Waals surface area contributed by atoms with Gasteiger partial charge in [0.2, 0.25) is 0 Å². The van der Waals surface area contributed by atoms with Crippen LogP contribution in [0.5, 0.6) is 0 Å². The van der Waals surface area contributed by atoms with E-state index in [0.717, 1.165) is 58.7 Å². The molecule has 0 unspecified atom stereocenters. The second kappa shape index (κ2) is 10.6. The van der Waals surface area contributed by atoms with Crippen LogP contribution in [0.15, 0.2) is 95.0 Å². The van der Waals surface area contributed by atoms with Crippen LogP contribution in [0.2, 0.25) is 0 Å². The van der Waals surface area contributed by atoms with Gasteiger partial charge in [-0.25, -0.2) is 17.6 Å². The predicted octanol–water partition coefficient (Wildman–Crippen LogP) is 6.98. The Morgan fingerprint density at radius 3 is 1.82 bits per heavy atom. The van der Waals surface area contributed by atoms with Gasteiger partial charge in [0.1, 0.15) is 23.3 Å². The summed E-state index contributed by atoms with van der Waals surface area (Å²) in [6.45, 7) is 0.0507. The Hall–Kier alpha value is -4.26. The molecule has 0 fully saturated rings. The summed E-state index contributed by atoms with van der Waals surface area (Å²) < 4.78 is 53.7. The second-order valence-corrected chi connectivity index (χ2v) is 7.44. The molecule has 0 bridgehead atoms. The van der Waals surface area contributed by atoms with Crippen LogP contribution >= 0.6 is 0 Å². The topological polar surface area (TPSA) is 36.8 Å². The van der Waals surface area contributed by atoms with E-state index in [1.807, 2.05) is 48.5 Å². The van der Waals surface area contributed by atoms with Gasteiger partial charge >= 0.3 is 0 Å². The third-order valence-electron chi connectivity index (χ3n) is 4.99. The first-order valence-corrected chi connectivity index (χ1v) is 10.4. The first-order valence-electron chi connectivity index (χ1n) is 10.4. The average Bonchev–Trinajstić information content (AvgIpc) is 2.84. The van der Waals surface area contributed by atoms with Crippen molar-refractivity contribution in [3.05, 3.63) is 125 Å². The second-order valence-electron chi connectivity index (χ2n) is 7.44. The summed E-state index contributed by atoms with van der Waals surface area (Å²) in [4.78, 5) is 4.19. The van der Waals surface area contributed by atoms with E-state index in [2.05, 4.69) is 15.5 Å². The summed E-state index contributed by atoms with van der Waals surface area (Å²) in [6, 6.07) is 21.6. The van der Waals surface area contributed by atoms with Crippen molar-refractivity contribution in [1.82, 2.24) is 0 Å². The summed E-state index contributed by atoms with van der Waals surface area (Å²) in [5.41, 5.74) is 6.22. The Morgan fingerprint density at radius 1 is 0.618 bits per heavy atom. The highest BCUT2D eigenvalue weighted by atomic mass is 19.1. The minimum atomic E-state index is -0.594. The zero-order valence-electron chi connectivity index (χ0n) is 17.9. The van der Waals surface area contributed by atoms with Gasteiger partial charge < -0.3 is 0 Å². The van der Waals surface area contributed by atoms with Crippen molar-refractivity contribution in [1.29, 1.82) is 0 Å². The maximum Gasteiger partial charge on any atom is 0.148 e. The van der Waals surface area contributed by atoms with Crippen molar-refractivity contribution in [2.24, 2.45) is 10.1 Å². The molecule has 0 radical (unpaired) electrons. The number of anilines is 1. The molecule has 34 heavy (non-hydrogen) atoms. The van der Waals surface area contributed by atoms with Gasteiger partial charge in [-0.2, -0.15) is 5.10 Å². The minimum Gasteiger partial charge on any atom is -0.288 e. The highest BCUT2D eigenvalue weighted by Gasteiger charge is 2.03. The van der Waals surface area contributed by atoms with Crippen molar-refractivity contribution < 1.29 is 17.6 Å². The number of halogens is 4. The zero-order valence-corrected chi connectivity index (χ0v) is 17.9. The third kappa shape index (κ3) is 5.95. The third-order valence-corrected chi connectivity index (χ3v) is 4.99. The van der Waals surface area contributed by atoms with Crippen LogP contribution < -0.4 is 5.43 Å². The molecule has 0 aliphatic carbocycles. The largest absolute Gasteiger partial charge is 0.288 e. The van der Waals surface area contributed by atoms with Crippen molar-refractivity contribution in [3.8, 4) is 11.1 Å². The van der Waals surface area contributed by atoms with Crippen molar-refractivity contribution in [2.75, 3.05) is 5.43 Å². The van der Waals surface area contributed by atoms with Crippen molar-refractivity contribution in [2.45, 2.75) is 6.54 Å². The molecular formula is C27H19F4N3. The molecule has 0 atom stereocenters. The lowest BCUT2D eigenvalue weighted by Crippen LogP contribution is -1.94. The van der Waals surface area contributed by atoms with E-state index in [4.69, 9.17) is 0 Å². The molecule has 0 amide bonds. The van der Waals surface area contributed by atoms with E-state index in [0.29, 0.717) is 0 Å². The molecule has 0 saturated carbocycles. The number of aliphatic imine (C=N–C) groups is 1. The monoisotopic (exact) mass is 461 g/mol. The fraction of sp³-hybridized carbons (Fsp3) is 0.0370. The SMILES string of the molecule is Fc1ccc(F)c(CN=Cc2ccc(-c3ccc(/C=N/Nc4cc(F)ccc4F)cc3)cc2)c1. The number of hydrazone groups is 1. The molecule has 3 nitrogen and oxygen atoms in total. The van der Waals surface area contributed by atoms with Gasteiger partial charge in [-0.3, -0.25) is 10.4 Å². The molecule has 1 N–H and O–H groups in total. The smallest absolute Gasteiger partial charge is 0.148 e. The van der Waals surface area contributed by atoms with E-state index < -0.39 is 23.3 Å². The molecule has 4 aromatic rings. The first-order chi connectivity index (χ1) is 16.5. The van der Waals surface area contributed by atoms with Gasteiger partial charge in [0.25, 0.3) is 0 Å². The molecule has 0 saturated heterocycles. The zero-order chi connectivity index (χ0) is 23.9. The fourth-order valence-electron chi connectivity index (χ4n) is 3.20. The summed E-state index contributed by atoms with van der Waals surface area (Å²) in [5, 5.41) is 3.95. The molecular weight excluding hydrogens is 442 g/mol. The summed E-state index contributed by atoms with van der Waals surface area (Å²) in [6.07, 6.45) is 3.12. The molecule has 4 aromatic carbocycles. The van der Waals surface area contributed by atoms with Crippen molar-refractivity contribution in [3.63, 3.8) is 0 Å². The molecule has 4 rings (SSSR count). The van der Waals surface area contributed by atoms with Gasteiger partial charge in [-0.1, -0.05) is 48.5 Å². The van der Waals surface area contributed by atoms with Crippen LogP contribution in [0.1, 0.15) is 16.7 Å². The van der Waals surface area contributed by atoms with E-state index >= 15 is 0 Å². The molecule has 0 aliphatic heterocycles. The van der Waals surface area contributed by atoms with Crippen LogP contribution in [0, 0.1) is 23.3 Å². The van der Waals surface area contributed by atoms with Crippen LogP contribution in [-0.2, 0) is 6.54 Å². The summed E-state index contributed by atoms with van der Waals surface area (Å²) in [7, 11) is 0. The van der Waals surface area contributed by atoms with Gasteiger partial charge in [0.05, 0.1) is 18.4 Å². The quantitative estimate of drug-likeness (QED) is 0.180.